The van der Waals surface area contributed by atoms with E-state index in [2.05, 4.69) is 15.3 Å². The maximum absolute atomic E-state index is 11.8. The molecule has 0 saturated carbocycles. The minimum atomic E-state index is -1.07. The van der Waals surface area contributed by atoms with Gasteiger partial charge < -0.3 is 10.4 Å². The Kier molecular flexibility index (Phi) is 3.33. The van der Waals surface area contributed by atoms with Gasteiger partial charge in [-0.15, -0.1) is 0 Å². The molecular formula is C8H10FN3O2. The van der Waals surface area contributed by atoms with Gasteiger partial charge in [-0.05, 0) is 6.92 Å². The first-order valence-corrected chi connectivity index (χ1v) is 4.02. The van der Waals surface area contributed by atoms with Gasteiger partial charge in [0.05, 0.1) is 11.3 Å². The van der Waals surface area contributed by atoms with Crippen molar-refractivity contribution in [3.63, 3.8) is 0 Å². The molecule has 0 unspecified atom stereocenters. The van der Waals surface area contributed by atoms with Gasteiger partial charge in [-0.25, -0.2) is 19.2 Å². The summed E-state index contributed by atoms with van der Waals surface area (Å²) >= 11 is 0. The van der Waals surface area contributed by atoms with Crippen molar-refractivity contribution in [1.29, 1.82) is 0 Å². The van der Waals surface area contributed by atoms with Crippen LogP contribution in [0.25, 0.3) is 0 Å². The minimum absolute atomic E-state index is 0.0517. The molecule has 6 heteroatoms. The number of rotatable bonds is 4. The Bertz CT molecular complexity index is 343. The summed E-state index contributed by atoms with van der Waals surface area (Å²) in [5.41, 5.74) is 0.407. The molecule has 0 spiro atoms. The van der Waals surface area contributed by atoms with Crippen molar-refractivity contribution in [2.75, 3.05) is 18.5 Å². The van der Waals surface area contributed by atoms with Crippen LogP contribution in [0.5, 0.6) is 0 Å². The summed E-state index contributed by atoms with van der Waals surface area (Å²) in [6.45, 7) is 1.15. The molecule has 1 aromatic heterocycles. The average Bonchev–Trinajstić information content (AvgIpc) is 2.14. The van der Waals surface area contributed by atoms with Crippen LogP contribution in [-0.2, 0) is 0 Å². The van der Waals surface area contributed by atoms with Gasteiger partial charge >= 0.3 is 5.97 Å². The van der Waals surface area contributed by atoms with Crippen molar-refractivity contribution < 1.29 is 14.3 Å². The third kappa shape index (κ3) is 2.38. The second kappa shape index (κ2) is 4.50. The zero-order valence-corrected chi connectivity index (χ0v) is 7.62. The quantitative estimate of drug-likeness (QED) is 0.752. The summed E-state index contributed by atoms with van der Waals surface area (Å²) in [5.74, 6) is -0.829. The molecule has 0 saturated heterocycles. The summed E-state index contributed by atoms with van der Waals surface area (Å²) in [5, 5.41) is 11.3. The lowest BCUT2D eigenvalue weighted by atomic mass is 10.2. The van der Waals surface area contributed by atoms with Crippen LogP contribution < -0.4 is 5.32 Å². The minimum Gasteiger partial charge on any atom is -0.478 e. The van der Waals surface area contributed by atoms with E-state index < -0.39 is 12.6 Å². The van der Waals surface area contributed by atoms with E-state index in [1.165, 1.54) is 6.20 Å². The molecule has 2 N–H and O–H groups in total. The van der Waals surface area contributed by atoms with Gasteiger partial charge in [-0.2, -0.15) is 0 Å². The van der Waals surface area contributed by atoms with Gasteiger partial charge in [-0.1, -0.05) is 0 Å². The molecule has 0 fully saturated rings. The number of hydrogen-bond acceptors (Lipinski definition) is 4. The SMILES string of the molecule is Cc1nc(NCCF)ncc1C(=O)O. The molecular weight excluding hydrogens is 189 g/mol. The summed E-state index contributed by atoms with van der Waals surface area (Å²) < 4.78 is 11.8. The van der Waals surface area contributed by atoms with Gasteiger partial charge in [0.2, 0.25) is 5.95 Å². The Morgan fingerprint density at radius 3 is 2.93 bits per heavy atom. The fourth-order valence-electron chi connectivity index (χ4n) is 0.921. The summed E-state index contributed by atoms with van der Waals surface area (Å²) in [4.78, 5) is 18.2. The molecule has 0 radical (unpaired) electrons. The third-order valence-electron chi connectivity index (χ3n) is 1.59. The molecule has 0 atom stereocenters. The van der Waals surface area contributed by atoms with Crippen LogP contribution >= 0.6 is 0 Å². The highest BCUT2D eigenvalue weighted by molar-refractivity contribution is 5.88. The Balaban J connectivity index is 2.83. The van der Waals surface area contributed by atoms with Gasteiger partial charge in [0.15, 0.2) is 0 Å². The molecule has 1 rings (SSSR count). The number of carbonyl (C=O) groups is 1. The van der Waals surface area contributed by atoms with Crippen LogP contribution in [0, 0.1) is 6.92 Å². The third-order valence-corrected chi connectivity index (χ3v) is 1.59. The van der Waals surface area contributed by atoms with Gasteiger partial charge in [0.1, 0.15) is 6.67 Å². The highest BCUT2D eigenvalue weighted by Crippen LogP contribution is 2.06. The number of hydrogen-bond donors (Lipinski definition) is 2. The fraction of sp³-hybridized carbons (Fsp3) is 0.375. The molecule has 0 amide bonds. The van der Waals surface area contributed by atoms with E-state index in [1.807, 2.05) is 0 Å². The molecule has 1 heterocycles. The van der Waals surface area contributed by atoms with Crippen molar-refractivity contribution in [1.82, 2.24) is 9.97 Å². The van der Waals surface area contributed by atoms with Crippen molar-refractivity contribution in [3.05, 3.63) is 17.5 Å². The van der Waals surface area contributed by atoms with Gasteiger partial charge in [0, 0.05) is 12.7 Å². The van der Waals surface area contributed by atoms with E-state index in [1.54, 1.807) is 6.92 Å². The number of aromatic carboxylic acids is 1. The first-order chi connectivity index (χ1) is 6.65. The van der Waals surface area contributed by atoms with Crippen LogP contribution in [0.15, 0.2) is 6.20 Å². The Morgan fingerprint density at radius 1 is 1.71 bits per heavy atom. The number of carboxylic acid groups (broad SMARTS) is 1. The van der Waals surface area contributed by atoms with Gasteiger partial charge in [0.25, 0.3) is 0 Å². The first-order valence-electron chi connectivity index (χ1n) is 4.02. The molecule has 0 aliphatic heterocycles. The monoisotopic (exact) mass is 199 g/mol. The first kappa shape index (κ1) is 10.4. The van der Waals surface area contributed by atoms with E-state index in [-0.39, 0.29) is 18.1 Å². The molecule has 0 aliphatic carbocycles. The summed E-state index contributed by atoms with van der Waals surface area (Å²) in [7, 11) is 0. The number of aromatic nitrogens is 2. The number of nitrogens with one attached hydrogen (secondary N) is 1. The zero-order chi connectivity index (χ0) is 10.6. The molecule has 14 heavy (non-hydrogen) atoms. The van der Waals surface area contributed by atoms with E-state index in [0.29, 0.717) is 5.69 Å². The maximum atomic E-state index is 11.8. The average molecular weight is 199 g/mol. The normalized spacial score (nSPS) is 9.86. The Morgan fingerprint density at radius 2 is 2.43 bits per heavy atom. The molecule has 0 aliphatic rings. The van der Waals surface area contributed by atoms with Crippen LogP contribution in [-0.4, -0.2) is 34.3 Å². The lowest BCUT2D eigenvalue weighted by molar-refractivity contribution is 0.0695. The smallest absolute Gasteiger partial charge is 0.339 e. The lowest BCUT2D eigenvalue weighted by Gasteiger charge is -2.04. The fourth-order valence-corrected chi connectivity index (χ4v) is 0.921. The van der Waals surface area contributed by atoms with Crippen LogP contribution in [0.2, 0.25) is 0 Å². The Labute approximate surface area is 80.0 Å². The predicted octanol–water partition coefficient (Wildman–Crippen LogP) is 0.865. The topological polar surface area (TPSA) is 75.1 Å². The zero-order valence-electron chi connectivity index (χ0n) is 7.62. The van der Waals surface area contributed by atoms with Crippen molar-refractivity contribution in [2.45, 2.75) is 6.92 Å². The van der Waals surface area contributed by atoms with E-state index in [4.69, 9.17) is 5.11 Å². The molecule has 5 nitrogen and oxygen atoms in total. The lowest BCUT2D eigenvalue weighted by Crippen LogP contribution is -2.10. The predicted molar refractivity (Wildman–Crippen MR) is 48.2 cm³/mol. The number of halogens is 1. The Hall–Kier alpha value is -1.72. The van der Waals surface area contributed by atoms with Crippen LogP contribution in [0.3, 0.4) is 0 Å². The summed E-state index contributed by atoms with van der Waals surface area (Å²) in [6.07, 6.45) is 1.20. The molecule has 1 aromatic rings. The second-order valence-corrected chi connectivity index (χ2v) is 2.61. The number of anilines is 1. The van der Waals surface area contributed by atoms with Crippen LogP contribution in [0.1, 0.15) is 16.1 Å². The molecule has 76 valence electrons. The van der Waals surface area contributed by atoms with Crippen molar-refractivity contribution in [2.24, 2.45) is 0 Å². The number of aryl methyl sites for hydroxylation is 1. The highest BCUT2D eigenvalue weighted by Gasteiger charge is 2.09. The standard InChI is InChI=1S/C8H10FN3O2/c1-5-6(7(13)14)4-11-8(12-5)10-3-2-9/h4H,2-3H2,1H3,(H,13,14)(H,10,11,12). The van der Waals surface area contributed by atoms with Crippen molar-refractivity contribution >= 4 is 11.9 Å². The number of nitrogens with zero attached hydrogens (tertiary/aromatic N) is 2. The number of alkyl halides is 1. The largest absolute Gasteiger partial charge is 0.478 e. The van der Waals surface area contributed by atoms with E-state index in [0.717, 1.165) is 0 Å². The molecule has 0 aromatic carbocycles. The second-order valence-electron chi connectivity index (χ2n) is 2.61. The van der Waals surface area contributed by atoms with Gasteiger partial charge in [-0.3, -0.25) is 0 Å². The molecule has 0 bridgehead atoms. The van der Waals surface area contributed by atoms with E-state index in [9.17, 15) is 9.18 Å². The highest BCUT2D eigenvalue weighted by atomic mass is 19.1. The van der Waals surface area contributed by atoms with E-state index >= 15 is 0 Å². The maximum Gasteiger partial charge on any atom is 0.339 e. The number of carboxylic acids is 1. The summed E-state index contributed by atoms with van der Waals surface area (Å²) in [6, 6.07) is 0. The van der Waals surface area contributed by atoms with Crippen molar-refractivity contribution in [3.8, 4) is 0 Å². The van der Waals surface area contributed by atoms with Crippen LogP contribution in [0.4, 0.5) is 10.3 Å².